The van der Waals surface area contributed by atoms with Crippen molar-refractivity contribution in [2.24, 2.45) is 11.3 Å². The van der Waals surface area contributed by atoms with Gasteiger partial charge in [0.15, 0.2) is 5.82 Å². The first-order chi connectivity index (χ1) is 9.97. The van der Waals surface area contributed by atoms with E-state index in [9.17, 15) is 8.78 Å². The van der Waals surface area contributed by atoms with E-state index >= 15 is 0 Å². The number of alkyl halides is 1. The molecule has 21 heavy (non-hydrogen) atoms. The van der Waals surface area contributed by atoms with Gasteiger partial charge in [-0.1, -0.05) is 13.8 Å². The fraction of sp³-hybridized carbons (Fsp3) is 0.562. The van der Waals surface area contributed by atoms with Crippen molar-refractivity contribution < 1.29 is 8.78 Å². The van der Waals surface area contributed by atoms with Crippen LogP contribution in [0, 0.1) is 23.0 Å². The maximum absolute atomic E-state index is 13.9. The molecule has 0 bridgehead atoms. The van der Waals surface area contributed by atoms with Crippen LogP contribution in [0.15, 0.2) is 12.1 Å². The molecule has 2 nitrogen and oxygen atoms in total. The van der Waals surface area contributed by atoms with Gasteiger partial charge < -0.3 is 4.57 Å². The lowest BCUT2D eigenvalue weighted by atomic mass is 9.92. The summed E-state index contributed by atoms with van der Waals surface area (Å²) >= 11 is 5.83. The largest absolute Gasteiger partial charge is 0.327 e. The van der Waals surface area contributed by atoms with E-state index in [4.69, 9.17) is 11.6 Å². The summed E-state index contributed by atoms with van der Waals surface area (Å²) in [7, 11) is 0. The molecule has 0 spiro atoms. The molecule has 0 N–H and O–H groups in total. The maximum Gasteiger partial charge on any atom is 0.153 e. The van der Waals surface area contributed by atoms with Crippen LogP contribution in [-0.2, 0) is 13.0 Å². The second-order valence-corrected chi connectivity index (χ2v) is 6.70. The van der Waals surface area contributed by atoms with Gasteiger partial charge in [-0.3, -0.25) is 0 Å². The second-order valence-electron chi connectivity index (χ2n) is 6.33. The number of aryl methyl sites for hydroxylation is 1. The van der Waals surface area contributed by atoms with Gasteiger partial charge in [0.1, 0.15) is 17.2 Å². The van der Waals surface area contributed by atoms with E-state index in [1.807, 2.05) is 4.57 Å². The van der Waals surface area contributed by atoms with Crippen LogP contribution >= 0.6 is 11.6 Å². The van der Waals surface area contributed by atoms with E-state index in [1.54, 1.807) is 0 Å². The van der Waals surface area contributed by atoms with Crippen molar-refractivity contribution in [3.8, 4) is 0 Å². The van der Waals surface area contributed by atoms with Crippen molar-refractivity contribution >= 4 is 22.6 Å². The molecule has 0 atom stereocenters. The molecular formula is C16H19ClF2N2. The monoisotopic (exact) mass is 312 g/mol. The average molecular weight is 313 g/mol. The normalized spacial score (nSPS) is 16.9. The Balaban J connectivity index is 2.12. The summed E-state index contributed by atoms with van der Waals surface area (Å²) in [6, 6.07) is 2.26. The highest BCUT2D eigenvalue weighted by molar-refractivity contribution is 6.17. The minimum atomic E-state index is -0.603. The molecule has 2 aromatic rings. The van der Waals surface area contributed by atoms with Crippen LogP contribution in [0.5, 0.6) is 0 Å². The standard InChI is InChI=1S/C16H19ClF2N2/c1-10(2)16(4-5-16)9-21-13-8-11(18)7-12(19)15(13)20-14(21)3-6-17/h7-8,10H,3-6,9H2,1-2H3. The maximum atomic E-state index is 13.9. The third-order valence-corrected chi connectivity index (χ3v) is 4.95. The van der Waals surface area contributed by atoms with Crippen molar-refractivity contribution in [2.45, 2.75) is 39.7 Å². The summed E-state index contributed by atoms with van der Waals surface area (Å²) in [5, 5.41) is 0. The number of rotatable bonds is 5. The molecule has 0 radical (unpaired) electrons. The summed E-state index contributed by atoms with van der Waals surface area (Å²) in [5.41, 5.74) is 1.02. The Hall–Kier alpha value is -1.16. The van der Waals surface area contributed by atoms with Crippen molar-refractivity contribution in [1.29, 1.82) is 0 Å². The highest BCUT2D eigenvalue weighted by Gasteiger charge is 2.46. The minimum absolute atomic E-state index is 0.234. The van der Waals surface area contributed by atoms with Gasteiger partial charge in [-0.15, -0.1) is 11.6 Å². The Morgan fingerprint density at radius 1 is 1.33 bits per heavy atom. The lowest BCUT2D eigenvalue weighted by Crippen LogP contribution is -2.19. The molecule has 1 aromatic carbocycles. The van der Waals surface area contributed by atoms with Gasteiger partial charge >= 0.3 is 0 Å². The Bertz CT molecular complexity index is 674. The van der Waals surface area contributed by atoms with Crippen molar-refractivity contribution in [3.63, 3.8) is 0 Å². The lowest BCUT2D eigenvalue weighted by Gasteiger charge is -2.22. The second kappa shape index (κ2) is 5.24. The van der Waals surface area contributed by atoms with Gasteiger partial charge in [0.05, 0.1) is 5.52 Å². The third kappa shape index (κ3) is 2.54. The van der Waals surface area contributed by atoms with Crippen LogP contribution in [0.4, 0.5) is 8.78 Å². The number of hydrogen-bond donors (Lipinski definition) is 0. The highest BCUT2D eigenvalue weighted by Crippen LogP contribution is 2.53. The molecule has 114 valence electrons. The first-order valence-electron chi connectivity index (χ1n) is 7.37. The van der Waals surface area contributed by atoms with Crippen molar-refractivity contribution in [2.75, 3.05) is 5.88 Å². The van der Waals surface area contributed by atoms with Crippen LogP contribution in [0.25, 0.3) is 11.0 Å². The molecule has 1 heterocycles. The molecule has 0 saturated heterocycles. The molecule has 0 aliphatic heterocycles. The van der Waals surface area contributed by atoms with Gasteiger partial charge in [-0.25, -0.2) is 13.8 Å². The van der Waals surface area contributed by atoms with Gasteiger partial charge in [0.25, 0.3) is 0 Å². The molecule has 1 saturated carbocycles. The van der Waals surface area contributed by atoms with E-state index in [0.29, 0.717) is 23.7 Å². The molecule has 0 amide bonds. The molecule has 1 aromatic heterocycles. The predicted octanol–water partition coefficient (Wildman–Crippen LogP) is 4.53. The van der Waals surface area contributed by atoms with Crippen LogP contribution in [0.3, 0.4) is 0 Å². The first-order valence-corrected chi connectivity index (χ1v) is 7.90. The number of benzene rings is 1. The van der Waals surface area contributed by atoms with E-state index in [2.05, 4.69) is 18.8 Å². The SMILES string of the molecule is CC(C)C1(Cn2c(CCCl)nc3c(F)cc(F)cc32)CC1. The average Bonchev–Trinajstić information content (AvgIpc) is 3.12. The van der Waals surface area contributed by atoms with E-state index in [-0.39, 0.29) is 10.9 Å². The van der Waals surface area contributed by atoms with Crippen molar-refractivity contribution in [3.05, 3.63) is 29.6 Å². The number of fused-ring (bicyclic) bond motifs is 1. The predicted molar refractivity (Wildman–Crippen MR) is 80.6 cm³/mol. The van der Waals surface area contributed by atoms with Gasteiger partial charge in [0.2, 0.25) is 0 Å². The third-order valence-electron chi connectivity index (χ3n) is 4.76. The van der Waals surface area contributed by atoms with Crippen LogP contribution in [0.2, 0.25) is 0 Å². The number of aromatic nitrogens is 2. The Kier molecular flexibility index (Phi) is 3.68. The summed E-state index contributed by atoms with van der Waals surface area (Å²) < 4.78 is 29.5. The number of halogens is 3. The van der Waals surface area contributed by atoms with Crippen LogP contribution < -0.4 is 0 Å². The molecular weight excluding hydrogens is 294 g/mol. The summed E-state index contributed by atoms with van der Waals surface area (Å²) in [5.74, 6) is 0.540. The van der Waals surface area contributed by atoms with Crippen molar-refractivity contribution in [1.82, 2.24) is 9.55 Å². The fourth-order valence-electron chi connectivity index (χ4n) is 3.04. The van der Waals surface area contributed by atoms with Crippen LogP contribution in [0.1, 0.15) is 32.5 Å². The Labute approximate surface area is 128 Å². The summed E-state index contributed by atoms with van der Waals surface area (Å²) in [6.45, 7) is 5.17. The van der Waals surface area contributed by atoms with E-state index in [0.717, 1.165) is 31.3 Å². The molecule has 1 fully saturated rings. The zero-order valence-electron chi connectivity index (χ0n) is 12.3. The number of hydrogen-bond acceptors (Lipinski definition) is 1. The fourth-order valence-corrected chi connectivity index (χ4v) is 3.21. The quantitative estimate of drug-likeness (QED) is 0.742. The van der Waals surface area contributed by atoms with Gasteiger partial charge in [-0.05, 0) is 30.2 Å². The molecule has 1 aliphatic carbocycles. The number of nitrogens with zero attached hydrogens (tertiary/aromatic N) is 2. The number of imidazole rings is 1. The highest BCUT2D eigenvalue weighted by atomic mass is 35.5. The summed E-state index contributed by atoms with van der Waals surface area (Å²) in [4.78, 5) is 4.35. The Morgan fingerprint density at radius 3 is 2.62 bits per heavy atom. The zero-order valence-corrected chi connectivity index (χ0v) is 13.1. The van der Waals surface area contributed by atoms with E-state index < -0.39 is 11.6 Å². The molecule has 3 rings (SSSR count). The summed E-state index contributed by atoms with van der Waals surface area (Å²) in [6.07, 6.45) is 2.87. The molecule has 1 aliphatic rings. The van der Waals surface area contributed by atoms with Gasteiger partial charge in [0, 0.05) is 24.9 Å². The van der Waals surface area contributed by atoms with Crippen LogP contribution in [-0.4, -0.2) is 15.4 Å². The smallest absolute Gasteiger partial charge is 0.153 e. The van der Waals surface area contributed by atoms with E-state index in [1.165, 1.54) is 6.07 Å². The van der Waals surface area contributed by atoms with Gasteiger partial charge in [-0.2, -0.15) is 0 Å². The molecule has 5 heteroatoms. The lowest BCUT2D eigenvalue weighted by molar-refractivity contribution is 0.309. The zero-order chi connectivity index (χ0) is 15.2. The topological polar surface area (TPSA) is 17.8 Å². The Morgan fingerprint density at radius 2 is 2.05 bits per heavy atom. The first kappa shape index (κ1) is 14.8. The molecule has 0 unspecified atom stereocenters. The minimum Gasteiger partial charge on any atom is -0.327 e.